The summed E-state index contributed by atoms with van der Waals surface area (Å²) in [5, 5.41) is 3.41. The van der Waals surface area contributed by atoms with E-state index in [2.05, 4.69) is 15.2 Å². The van der Waals surface area contributed by atoms with Crippen LogP contribution in [-0.4, -0.2) is 36.6 Å². The van der Waals surface area contributed by atoms with Crippen LogP contribution in [0.4, 0.5) is 8.78 Å². The van der Waals surface area contributed by atoms with Gasteiger partial charge >= 0.3 is 0 Å². The number of nitrogens with one attached hydrogen (secondary N) is 1. The number of aryl methyl sites for hydroxylation is 1. The van der Waals surface area contributed by atoms with Gasteiger partial charge in [0.1, 0.15) is 5.76 Å². The molecule has 3 rings (SSSR count). The van der Waals surface area contributed by atoms with Crippen molar-refractivity contribution in [3.05, 3.63) is 41.3 Å². The fourth-order valence-corrected chi connectivity index (χ4v) is 3.20. The SMILES string of the molecule is Cc1oc(-c2cccc(F)c2F)nc1CN(C)C[C@H]1CCCNC1. The monoisotopic (exact) mass is 335 g/mol. The van der Waals surface area contributed by atoms with Gasteiger partial charge in [-0.25, -0.2) is 13.8 Å². The number of halogens is 2. The van der Waals surface area contributed by atoms with Gasteiger partial charge in [-0.05, 0) is 58.0 Å². The van der Waals surface area contributed by atoms with Crippen LogP contribution in [0.1, 0.15) is 24.3 Å². The second kappa shape index (κ2) is 7.40. The Hall–Kier alpha value is -1.79. The molecule has 1 N–H and O–H groups in total. The zero-order valence-corrected chi connectivity index (χ0v) is 14.1. The molecule has 1 aromatic heterocycles. The Bertz CT molecular complexity index is 696. The molecule has 0 saturated carbocycles. The smallest absolute Gasteiger partial charge is 0.229 e. The van der Waals surface area contributed by atoms with E-state index in [4.69, 9.17) is 4.42 Å². The summed E-state index contributed by atoms with van der Waals surface area (Å²) in [6.07, 6.45) is 2.44. The van der Waals surface area contributed by atoms with Gasteiger partial charge in [0, 0.05) is 13.1 Å². The van der Waals surface area contributed by atoms with Crippen molar-refractivity contribution in [3.63, 3.8) is 0 Å². The standard InChI is InChI=1S/C18H23F2N3O/c1-12-16(11-23(2)10-13-5-4-8-21-9-13)22-18(24-12)14-6-3-7-15(19)17(14)20/h3,6-7,13,21H,4-5,8-11H2,1-2H3/t13-/m0/s1. The van der Waals surface area contributed by atoms with E-state index in [1.54, 1.807) is 6.92 Å². The molecule has 24 heavy (non-hydrogen) atoms. The summed E-state index contributed by atoms with van der Waals surface area (Å²) < 4.78 is 32.9. The Balaban J connectivity index is 1.70. The average Bonchev–Trinajstić information content (AvgIpc) is 2.91. The highest BCUT2D eigenvalue weighted by atomic mass is 19.2. The number of benzene rings is 1. The fraction of sp³-hybridized carbons (Fsp3) is 0.500. The Morgan fingerprint density at radius 1 is 1.38 bits per heavy atom. The van der Waals surface area contributed by atoms with Gasteiger partial charge in [-0.1, -0.05) is 6.07 Å². The first-order valence-corrected chi connectivity index (χ1v) is 8.34. The highest BCUT2D eigenvalue weighted by Gasteiger charge is 2.20. The van der Waals surface area contributed by atoms with Crippen LogP contribution in [-0.2, 0) is 6.54 Å². The lowest BCUT2D eigenvalue weighted by molar-refractivity contribution is 0.235. The first-order valence-electron chi connectivity index (χ1n) is 8.34. The molecule has 1 aliphatic heterocycles. The second-order valence-electron chi connectivity index (χ2n) is 6.53. The molecular formula is C18H23F2N3O. The number of oxazole rings is 1. The van der Waals surface area contributed by atoms with Gasteiger partial charge in [0.05, 0.1) is 11.3 Å². The van der Waals surface area contributed by atoms with E-state index in [1.807, 2.05) is 7.05 Å². The molecule has 1 saturated heterocycles. The van der Waals surface area contributed by atoms with Crippen LogP contribution >= 0.6 is 0 Å². The van der Waals surface area contributed by atoms with E-state index in [0.29, 0.717) is 18.2 Å². The Morgan fingerprint density at radius 2 is 2.21 bits per heavy atom. The number of aromatic nitrogens is 1. The molecule has 0 amide bonds. The Labute approximate surface area is 140 Å². The van der Waals surface area contributed by atoms with Gasteiger partial charge in [-0.15, -0.1) is 0 Å². The highest BCUT2D eigenvalue weighted by Crippen LogP contribution is 2.26. The summed E-state index contributed by atoms with van der Waals surface area (Å²) in [7, 11) is 2.05. The van der Waals surface area contributed by atoms with Gasteiger partial charge in [-0.3, -0.25) is 0 Å². The van der Waals surface area contributed by atoms with E-state index in [0.717, 1.165) is 31.4 Å². The largest absolute Gasteiger partial charge is 0.441 e. The quantitative estimate of drug-likeness (QED) is 0.910. The molecule has 0 bridgehead atoms. The minimum Gasteiger partial charge on any atom is -0.441 e. The van der Waals surface area contributed by atoms with Gasteiger partial charge in [0.25, 0.3) is 0 Å². The molecule has 2 heterocycles. The van der Waals surface area contributed by atoms with Crippen LogP contribution in [0.2, 0.25) is 0 Å². The molecule has 6 heteroatoms. The third kappa shape index (κ3) is 3.82. The lowest BCUT2D eigenvalue weighted by Gasteiger charge is -2.27. The van der Waals surface area contributed by atoms with Gasteiger partial charge in [-0.2, -0.15) is 0 Å². The van der Waals surface area contributed by atoms with Crippen LogP contribution in [0.15, 0.2) is 22.6 Å². The molecule has 1 aliphatic rings. The van der Waals surface area contributed by atoms with Crippen molar-refractivity contribution < 1.29 is 13.2 Å². The predicted octanol–water partition coefficient (Wildman–Crippen LogP) is 3.36. The molecule has 0 radical (unpaired) electrons. The second-order valence-corrected chi connectivity index (χ2v) is 6.53. The van der Waals surface area contributed by atoms with E-state index in [1.165, 1.54) is 25.0 Å². The first-order chi connectivity index (χ1) is 11.5. The number of hydrogen-bond donors (Lipinski definition) is 1. The summed E-state index contributed by atoms with van der Waals surface area (Å²) in [5.74, 6) is -0.413. The summed E-state index contributed by atoms with van der Waals surface area (Å²) in [5.41, 5.74) is 0.823. The zero-order valence-electron chi connectivity index (χ0n) is 14.1. The van der Waals surface area contributed by atoms with Crippen LogP contribution < -0.4 is 5.32 Å². The van der Waals surface area contributed by atoms with Gasteiger partial charge < -0.3 is 14.6 Å². The molecule has 0 spiro atoms. The molecule has 0 aliphatic carbocycles. The first kappa shape index (κ1) is 17.0. The summed E-state index contributed by atoms with van der Waals surface area (Å²) in [6.45, 7) is 5.55. The van der Waals surface area contributed by atoms with Crippen LogP contribution in [0, 0.1) is 24.5 Å². The lowest BCUT2D eigenvalue weighted by Crippen LogP contribution is -2.36. The summed E-state index contributed by atoms with van der Waals surface area (Å²) in [4.78, 5) is 6.59. The van der Waals surface area contributed by atoms with E-state index in [9.17, 15) is 8.78 Å². The minimum atomic E-state index is -0.924. The number of rotatable bonds is 5. The lowest BCUT2D eigenvalue weighted by atomic mass is 9.99. The summed E-state index contributed by atoms with van der Waals surface area (Å²) in [6, 6.07) is 4.02. The molecule has 130 valence electrons. The average molecular weight is 335 g/mol. The zero-order chi connectivity index (χ0) is 17.1. The molecular weight excluding hydrogens is 312 g/mol. The third-order valence-corrected chi connectivity index (χ3v) is 4.46. The maximum atomic E-state index is 13.9. The highest BCUT2D eigenvalue weighted by molar-refractivity contribution is 5.54. The number of nitrogens with zero attached hydrogens (tertiary/aromatic N) is 2. The minimum absolute atomic E-state index is 0.0588. The topological polar surface area (TPSA) is 41.3 Å². The van der Waals surface area contributed by atoms with Crippen LogP contribution in [0.3, 0.4) is 0 Å². The normalized spacial score (nSPS) is 18.3. The van der Waals surface area contributed by atoms with Crippen molar-refractivity contribution >= 4 is 0 Å². The van der Waals surface area contributed by atoms with Crippen molar-refractivity contribution in [1.29, 1.82) is 0 Å². The number of hydrogen-bond acceptors (Lipinski definition) is 4. The molecule has 1 fully saturated rings. The Kier molecular flexibility index (Phi) is 5.26. The molecule has 1 atom stereocenters. The van der Waals surface area contributed by atoms with E-state index >= 15 is 0 Å². The Morgan fingerprint density at radius 3 is 2.96 bits per heavy atom. The van der Waals surface area contributed by atoms with E-state index < -0.39 is 11.6 Å². The van der Waals surface area contributed by atoms with Crippen molar-refractivity contribution in [2.45, 2.75) is 26.3 Å². The summed E-state index contributed by atoms with van der Waals surface area (Å²) >= 11 is 0. The van der Waals surface area contributed by atoms with Crippen LogP contribution in [0.5, 0.6) is 0 Å². The predicted molar refractivity (Wildman–Crippen MR) is 88.5 cm³/mol. The molecule has 0 unspecified atom stereocenters. The number of piperidine rings is 1. The molecule has 1 aromatic carbocycles. The van der Waals surface area contributed by atoms with Gasteiger partial charge in [0.15, 0.2) is 11.6 Å². The maximum absolute atomic E-state index is 13.9. The maximum Gasteiger partial charge on any atom is 0.229 e. The van der Waals surface area contributed by atoms with Crippen molar-refractivity contribution in [2.75, 3.05) is 26.7 Å². The third-order valence-electron chi connectivity index (χ3n) is 4.46. The van der Waals surface area contributed by atoms with Gasteiger partial charge in [0.2, 0.25) is 5.89 Å². The fourth-order valence-electron chi connectivity index (χ4n) is 3.20. The van der Waals surface area contributed by atoms with E-state index in [-0.39, 0.29) is 11.5 Å². The van der Waals surface area contributed by atoms with Crippen molar-refractivity contribution in [1.82, 2.24) is 15.2 Å². The molecule has 2 aromatic rings. The molecule has 4 nitrogen and oxygen atoms in total. The van der Waals surface area contributed by atoms with Crippen molar-refractivity contribution in [2.24, 2.45) is 5.92 Å². The van der Waals surface area contributed by atoms with Crippen molar-refractivity contribution in [3.8, 4) is 11.5 Å². The van der Waals surface area contributed by atoms with Crippen LogP contribution in [0.25, 0.3) is 11.5 Å².